The monoisotopic (exact) mass is 293 g/mol. The first-order valence-electron chi connectivity index (χ1n) is 5.42. The smallest absolute Gasteiger partial charge is 0.255 e. The Balaban J connectivity index is 2.25. The van der Waals surface area contributed by atoms with Crippen molar-refractivity contribution in [3.63, 3.8) is 0 Å². The average molecular weight is 294 g/mol. The summed E-state index contributed by atoms with van der Waals surface area (Å²) in [5.41, 5.74) is 1.24. The molecule has 0 heterocycles. The fourth-order valence-corrected chi connectivity index (χ4v) is 1.84. The van der Waals surface area contributed by atoms with Gasteiger partial charge in [0.2, 0.25) is 0 Å². The third-order valence-corrected chi connectivity index (χ3v) is 3.26. The topological polar surface area (TPSA) is 46.2 Å². The van der Waals surface area contributed by atoms with Gasteiger partial charge < -0.3 is 5.32 Å². The van der Waals surface area contributed by atoms with Gasteiger partial charge in [-0.25, -0.2) is 0 Å². The van der Waals surface area contributed by atoms with Crippen molar-refractivity contribution in [2.45, 2.75) is 0 Å². The highest BCUT2D eigenvalue weighted by atomic mass is 35.5. The molecule has 0 aliphatic rings. The Morgan fingerprint density at radius 3 is 2.47 bits per heavy atom. The van der Waals surface area contributed by atoms with Crippen LogP contribution in [0.15, 0.2) is 42.5 Å². The van der Waals surface area contributed by atoms with E-state index in [0.29, 0.717) is 33.1 Å². The number of aldehydes is 1. The molecule has 0 aliphatic carbocycles. The summed E-state index contributed by atoms with van der Waals surface area (Å²) in [5.74, 6) is -0.354. The molecule has 0 radical (unpaired) electrons. The Bertz CT molecular complexity index is 641. The molecule has 0 aromatic heterocycles. The van der Waals surface area contributed by atoms with E-state index >= 15 is 0 Å². The second-order valence-electron chi connectivity index (χ2n) is 3.79. The minimum Gasteiger partial charge on any atom is -0.321 e. The number of para-hydroxylation sites is 1. The van der Waals surface area contributed by atoms with Crippen LogP contribution in [0.5, 0.6) is 0 Å². The minimum absolute atomic E-state index is 0.304. The predicted molar refractivity (Wildman–Crippen MR) is 76.2 cm³/mol. The summed E-state index contributed by atoms with van der Waals surface area (Å²) >= 11 is 11.6. The number of carbonyl (C=O) groups excluding carboxylic acids is 2. The molecular formula is C14H9Cl2NO2. The number of nitrogens with one attached hydrogen (secondary N) is 1. The second kappa shape index (κ2) is 5.87. The van der Waals surface area contributed by atoms with Crippen molar-refractivity contribution in [2.24, 2.45) is 0 Å². The van der Waals surface area contributed by atoms with Crippen molar-refractivity contribution in [1.82, 2.24) is 0 Å². The van der Waals surface area contributed by atoms with Crippen LogP contribution in [-0.4, -0.2) is 12.2 Å². The van der Waals surface area contributed by atoms with E-state index in [-0.39, 0.29) is 5.91 Å². The summed E-state index contributed by atoms with van der Waals surface area (Å²) in [6.07, 6.45) is 0.685. The van der Waals surface area contributed by atoms with E-state index in [1.165, 1.54) is 6.07 Å². The van der Waals surface area contributed by atoms with Crippen LogP contribution >= 0.6 is 23.2 Å². The van der Waals surface area contributed by atoms with Crippen molar-refractivity contribution < 1.29 is 9.59 Å². The molecule has 2 aromatic rings. The second-order valence-corrected chi connectivity index (χ2v) is 4.60. The molecule has 0 spiro atoms. The zero-order valence-corrected chi connectivity index (χ0v) is 11.2. The van der Waals surface area contributed by atoms with E-state index in [9.17, 15) is 9.59 Å². The maximum absolute atomic E-state index is 12.0. The highest BCUT2D eigenvalue weighted by Crippen LogP contribution is 2.23. The van der Waals surface area contributed by atoms with Crippen molar-refractivity contribution in [3.8, 4) is 0 Å². The highest BCUT2D eigenvalue weighted by molar-refractivity contribution is 6.42. The number of halogens is 2. The van der Waals surface area contributed by atoms with E-state index < -0.39 is 0 Å². The Kier molecular flexibility index (Phi) is 4.20. The molecule has 96 valence electrons. The molecule has 2 aromatic carbocycles. The first-order chi connectivity index (χ1) is 9.11. The van der Waals surface area contributed by atoms with Gasteiger partial charge in [-0.1, -0.05) is 35.3 Å². The Labute approximate surface area is 120 Å². The quantitative estimate of drug-likeness (QED) is 0.868. The van der Waals surface area contributed by atoms with Gasteiger partial charge >= 0.3 is 0 Å². The SMILES string of the molecule is O=Cc1ccccc1NC(=O)c1ccc(Cl)c(Cl)c1. The summed E-state index contributed by atoms with van der Waals surface area (Å²) in [6.45, 7) is 0. The van der Waals surface area contributed by atoms with Gasteiger partial charge in [0.05, 0.1) is 15.7 Å². The maximum atomic E-state index is 12.0. The van der Waals surface area contributed by atoms with Crippen LogP contribution in [0.2, 0.25) is 10.0 Å². The number of amides is 1. The van der Waals surface area contributed by atoms with Gasteiger partial charge in [-0.3, -0.25) is 9.59 Å². The van der Waals surface area contributed by atoms with Gasteiger partial charge in [0, 0.05) is 11.1 Å². The van der Waals surface area contributed by atoms with Crippen molar-refractivity contribution in [1.29, 1.82) is 0 Å². The molecule has 0 aliphatic heterocycles. The highest BCUT2D eigenvalue weighted by Gasteiger charge is 2.10. The van der Waals surface area contributed by atoms with Crippen molar-refractivity contribution in [3.05, 3.63) is 63.6 Å². The fourth-order valence-electron chi connectivity index (χ4n) is 1.55. The molecule has 19 heavy (non-hydrogen) atoms. The fraction of sp³-hybridized carbons (Fsp3) is 0. The van der Waals surface area contributed by atoms with Crippen LogP contribution < -0.4 is 5.32 Å². The number of hydrogen-bond acceptors (Lipinski definition) is 2. The minimum atomic E-state index is -0.354. The number of carbonyl (C=O) groups is 2. The summed E-state index contributed by atoms with van der Waals surface area (Å²) in [4.78, 5) is 22.9. The van der Waals surface area contributed by atoms with Crippen LogP contribution in [0.3, 0.4) is 0 Å². The number of hydrogen-bond donors (Lipinski definition) is 1. The zero-order valence-electron chi connectivity index (χ0n) is 9.69. The molecule has 2 rings (SSSR count). The lowest BCUT2D eigenvalue weighted by Gasteiger charge is -2.08. The normalized spacial score (nSPS) is 10.0. The van der Waals surface area contributed by atoms with Crippen LogP contribution in [-0.2, 0) is 0 Å². The lowest BCUT2D eigenvalue weighted by atomic mass is 10.1. The first kappa shape index (κ1) is 13.6. The van der Waals surface area contributed by atoms with Crippen molar-refractivity contribution >= 4 is 41.1 Å². The largest absolute Gasteiger partial charge is 0.321 e. The van der Waals surface area contributed by atoms with Gasteiger partial charge in [-0.05, 0) is 30.3 Å². The van der Waals surface area contributed by atoms with E-state index in [4.69, 9.17) is 23.2 Å². The predicted octanol–water partition coefficient (Wildman–Crippen LogP) is 4.06. The van der Waals surface area contributed by atoms with E-state index in [1.807, 2.05) is 0 Å². The summed E-state index contributed by atoms with van der Waals surface area (Å²) in [7, 11) is 0. The van der Waals surface area contributed by atoms with E-state index in [0.717, 1.165) is 0 Å². The molecule has 5 heteroatoms. The number of rotatable bonds is 3. The number of benzene rings is 2. The van der Waals surface area contributed by atoms with E-state index in [1.54, 1.807) is 36.4 Å². The maximum Gasteiger partial charge on any atom is 0.255 e. The molecule has 1 N–H and O–H groups in total. The third kappa shape index (κ3) is 3.13. The molecular weight excluding hydrogens is 285 g/mol. The average Bonchev–Trinajstić information content (AvgIpc) is 2.42. The first-order valence-corrected chi connectivity index (χ1v) is 6.18. The molecule has 0 atom stereocenters. The zero-order chi connectivity index (χ0) is 13.8. The van der Waals surface area contributed by atoms with Crippen LogP contribution in [0, 0.1) is 0 Å². The van der Waals surface area contributed by atoms with Crippen LogP contribution in [0.1, 0.15) is 20.7 Å². The Morgan fingerprint density at radius 2 is 1.79 bits per heavy atom. The molecule has 1 amide bonds. The molecule has 3 nitrogen and oxygen atoms in total. The summed E-state index contributed by atoms with van der Waals surface area (Å²) < 4.78 is 0. The standard InChI is InChI=1S/C14H9Cl2NO2/c15-11-6-5-9(7-12(11)16)14(19)17-13-4-2-1-3-10(13)8-18/h1-8H,(H,17,19). The van der Waals surface area contributed by atoms with Gasteiger partial charge in [-0.15, -0.1) is 0 Å². The van der Waals surface area contributed by atoms with Gasteiger partial charge in [-0.2, -0.15) is 0 Å². The summed E-state index contributed by atoms with van der Waals surface area (Å²) in [5, 5.41) is 3.34. The van der Waals surface area contributed by atoms with E-state index in [2.05, 4.69) is 5.32 Å². The summed E-state index contributed by atoms with van der Waals surface area (Å²) in [6, 6.07) is 11.3. The van der Waals surface area contributed by atoms with Gasteiger partial charge in [0.15, 0.2) is 6.29 Å². The van der Waals surface area contributed by atoms with Crippen LogP contribution in [0.25, 0.3) is 0 Å². The van der Waals surface area contributed by atoms with Crippen molar-refractivity contribution in [2.75, 3.05) is 5.32 Å². The van der Waals surface area contributed by atoms with Gasteiger partial charge in [0.25, 0.3) is 5.91 Å². The molecule has 0 saturated carbocycles. The van der Waals surface area contributed by atoms with Gasteiger partial charge in [0.1, 0.15) is 0 Å². The lowest BCUT2D eigenvalue weighted by Crippen LogP contribution is -2.13. The molecule has 0 saturated heterocycles. The molecule has 0 bridgehead atoms. The Hall–Kier alpha value is -1.84. The third-order valence-electron chi connectivity index (χ3n) is 2.52. The molecule has 0 fully saturated rings. The van der Waals surface area contributed by atoms with Crippen LogP contribution in [0.4, 0.5) is 5.69 Å². The number of anilines is 1. The lowest BCUT2D eigenvalue weighted by molar-refractivity contribution is 0.102. The molecule has 0 unspecified atom stereocenters. The Morgan fingerprint density at radius 1 is 1.05 bits per heavy atom.